The Hall–Kier alpha value is -1.36. The fourth-order valence-corrected chi connectivity index (χ4v) is 2.72. The number of esters is 1. The summed E-state index contributed by atoms with van der Waals surface area (Å²) >= 11 is 0. The van der Waals surface area contributed by atoms with E-state index >= 15 is 0 Å². The number of methoxy groups -OCH3 is 1. The van der Waals surface area contributed by atoms with Gasteiger partial charge < -0.3 is 4.74 Å². The first-order valence-electron chi connectivity index (χ1n) is 7.74. The van der Waals surface area contributed by atoms with Crippen molar-refractivity contribution in [3.63, 3.8) is 0 Å². The van der Waals surface area contributed by atoms with Gasteiger partial charge in [0.1, 0.15) is 5.54 Å². The Balaban J connectivity index is 1.95. The third-order valence-corrected chi connectivity index (χ3v) is 4.53. The van der Waals surface area contributed by atoms with Crippen LogP contribution in [0, 0.1) is 20.8 Å². The highest BCUT2D eigenvalue weighted by molar-refractivity contribution is 5.80. The molecule has 1 aliphatic rings. The second-order valence-electron chi connectivity index (χ2n) is 6.36. The van der Waals surface area contributed by atoms with E-state index < -0.39 is 5.54 Å². The molecule has 1 heterocycles. The number of carbonyl (C=O) groups is 1. The molecule has 1 saturated carbocycles. The van der Waals surface area contributed by atoms with E-state index in [0.29, 0.717) is 6.04 Å². The Kier molecular flexibility index (Phi) is 4.71. The molecule has 0 amide bonds. The molecule has 1 atom stereocenters. The average Bonchev–Trinajstić information content (AvgIpc) is 3.22. The third kappa shape index (κ3) is 3.64. The Morgan fingerprint density at radius 2 is 2.10 bits per heavy atom. The molecule has 0 aliphatic heterocycles. The maximum Gasteiger partial charge on any atom is 0.325 e. The second-order valence-corrected chi connectivity index (χ2v) is 6.36. The number of aryl methyl sites for hydroxylation is 2. The molecule has 1 unspecified atom stereocenters. The highest BCUT2D eigenvalue weighted by Crippen LogP contribution is 2.26. The number of nitrogens with zero attached hydrogens (tertiary/aromatic N) is 2. The summed E-state index contributed by atoms with van der Waals surface area (Å²) in [6.07, 6.45) is 3.97. The van der Waals surface area contributed by atoms with E-state index in [1.165, 1.54) is 18.4 Å². The van der Waals surface area contributed by atoms with Crippen LogP contribution < -0.4 is 5.32 Å². The van der Waals surface area contributed by atoms with Crippen LogP contribution in [0.1, 0.15) is 49.6 Å². The van der Waals surface area contributed by atoms with Crippen molar-refractivity contribution < 1.29 is 9.53 Å². The molecule has 1 N–H and O–H groups in total. The summed E-state index contributed by atoms with van der Waals surface area (Å²) in [6.45, 7) is 9.01. The van der Waals surface area contributed by atoms with Gasteiger partial charge in [-0.15, -0.1) is 0 Å². The standard InChI is InChI=1S/C16H27N3O2/c1-11-12(2)18-19(13(11)3)10-6-9-16(4,15(20)21-5)17-14-7-8-14/h14,17H,6-10H2,1-5H3. The maximum absolute atomic E-state index is 12.1. The summed E-state index contributed by atoms with van der Waals surface area (Å²) in [7, 11) is 1.46. The molecular weight excluding hydrogens is 266 g/mol. The fraction of sp³-hybridized carbons (Fsp3) is 0.750. The molecule has 0 aromatic carbocycles. The highest BCUT2D eigenvalue weighted by atomic mass is 16.5. The molecule has 0 radical (unpaired) electrons. The van der Waals surface area contributed by atoms with E-state index in [9.17, 15) is 4.79 Å². The first kappa shape index (κ1) is 16.0. The number of hydrogen-bond acceptors (Lipinski definition) is 4. The Morgan fingerprint density at radius 3 is 2.57 bits per heavy atom. The van der Waals surface area contributed by atoms with Gasteiger partial charge in [0.15, 0.2) is 0 Å². The van der Waals surface area contributed by atoms with E-state index in [0.717, 1.165) is 37.9 Å². The first-order chi connectivity index (χ1) is 9.87. The lowest BCUT2D eigenvalue weighted by molar-refractivity contribution is -0.148. The molecule has 2 rings (SSSR count). The van der Waals surface area contributed by atoms with Gasteiger partial charge in [0.25, 0.3) is 0 Å². The smallest absolute Gasteiger partial charge is 0.325 e. The Bertz CT molecular complexity index is 520. The first-order valence-corrected chi connectivity index (χ1v) is 7.74. The lowest BCUT2D eigenvalue weighted by Gasteiger charge is -2.28. The van der Waals surface area contributed by atoms with Crippen LogP contribution in [-0.2, 0) is 16.1 Å². The van der Waals surface area contributed by atoms with Crippen molar-refractivity contribution in [1.29, 1.82) is 0 Å². The summed E-state index contributed by atoms with van der Waals surface area (Å²) in [5.74, 6) is -0.168. The van der Waals surface area contributed by atoms with E-state index in [1.807, 2.05) is 18.5 Å². The number of aromatic nitrogens is 2. The van der Waals surface area contributed by atoms with E-state index in [-0.39, 0.29) is 5.97 Å². The van der Waals surface area contributed by atoms with Crippen LogP contribution in [0.3, 0.4) is 0 Å². The number of carbonyl (C=O) groups excluding carboxylic acids is 1. The van der Waals surface area contributed by atoms with Gasteiger partial charge in [-0.2, -0.15) is 5.10 Å². The monoisotopic (exact) mass is 293 g/mol. The zero-order chi connectivity index (χ0) is 15.6. The van der Waals surface area contributed by atoms with Crippen molar-refractivity contribution in [1.82, 2.24) is 15.1 Å². The van der Waals surface area contributed by atoms with E-state index in [2.05, 4.69) is 24.3 Å². The van der Waals surface area contributed by atoms with Crippen LogP contribution in [0.25, 0.3) is 0 Å². The van der Waals surface area contributed by atoms with Crippen LogP contribution in [-0.4, -0.2) is 34.4 Å². The fourth-order valence-electron chi connectivity index (χ4n) is 2.72. The van der Waals surface area contributed by atoms with Crippen LogP contribution in [0.5, 0.6) is 0 Å². The molecule has 0 bridgehead atoms. The van der Waals surface area contributed by atoms with Gasteiger partial charge in [-0.25, -0.2) is 0 Å². The summed E-state index contributed by atoms with van der Waals surface area (Å²) in [4.78, 5) is 12.1. The minimum Gasteiger partial charge on any atom is -0.468 e. The van der Waals surface area contributed by atoms with Gasteiger partial charge in [0.05, 0.1) is 12.8 Å². The average molecular weight is 293 g/mol. The van der Waals surface area contributed by atoms with E-state index in [4.69, 9.17) is 4.74 Å². The van der Waals surface area contributed by atoms with Gasteiger partial charge in [0.2, 0.25) is 0 Å². The Labute approximate surface area is 127 Å². The minimum atomic E-state index is -0.582. The van der Waals surface area contributed by atoms with Gasteiger partial charge in [0, 0.05) is 18.3 Å². The largest absolute Gasteiger partial charge is 0.468 e. The molecule has 118 valence electrons. The number of rotatable bonds is 7. The molecule has 1 aromatic rings. The molecule has 5 heteroatoms. The zero-order valence-electron chi connectivity index (χ0n) is 13.8. The summed E-state index contributed by atoms with van der Waals surface area (Å²) in [5, 5.41) is 7.98. The zero-order valence-corrected chi connectivity index (χ0v) is 13.8. The second kappa shape index (κ2) is 6.18. The van der Waals surface area contributed by atoms with Gasteiger partial charge in [-0.1, -0.05) is 0 Å². The molecule has 1 aromatic heterocycles. The molecular formula is C16H27N3O2. The molecule has 0 spiro atoms. The van der Waals surface area contributed by atoms with Crippen molar-refractivity contribution in [3.05, 3.63) is 17.0 Å². The van der Waals surface area contributed by atoms with Crippen LogP contribution >= 0.6 is 0 Å². The molecule has 0 saturated heterocycles. The Morgan fingerprint density at radius 1 is 1.43 bits per heavy atom. The molecule has 5 nitrogen and oxygen atoms in total. The maximum atomic E-state index is 12.1. The van der Waals surface area contributed by atoms with Crippen LogP contribution in [0.15, 0.2) is 0 Å². The molecule has 1 aliphatic carbocycles. The van der Waals surface area contributed by atoms with Crippen molar-refractivity contribution in [2.24, 2.45) is 0 Å². The van der Waals surface area contributed by atoms with E-state index in [1.54, 1.807) is 0 Å². The van der Waals surface area contributed by atoms with Gasteiger partial charge >= 0.3 is 5.97 Å². The number of nitrogens with one attached hydrogen (secondary N) is 1. The predicted octanol–water partition coefficient (Wildman–Crippen LogP) is 2.27. The highest BCUT2D eigenvalue weighted by Gasteiger charge is 2.38. The number of hydrogen-bond donors (Lipinski definition) is 1. The summed E-state index contributed by atoms with van der Waals surface area (Å²) in [5.41, 5.74) is 2.96. The SMILES string of the molecule is COC(=O)C(C)(CCCn1nc(C)c(C)c1C)NC1CC1. The normalized spacial score (nSPS) is 17.6. The third-order valence-electron chi connectivity index (χ3n) is 4.53. The molecule has 1 fully saturated rings. The van der Waals surface area contributed by atoms with Crippen LogP contribution in [0.4, 0.5) is 0 Å². The quantitative estimate of drug-likeness (QED) is 0.784. The van der Waals surface area contributed by atoms with Crippen molar-refractivity contribution in [3.8, 4) is 0 Å². The van der Waals surface area contributed by atoms with Gasteiger partial charge in [-0.3, -0.25) is 14.8 Å². The van der Waals surface area contributed by atoms with Crippen LogP contribution in [0.2, 0.25) is 0 Å². The number of ether oxygens (including phenoxy) is 1. The summed E-state index contributed by atoms with van der Waals surface area (Å²) < 4.78 is 7.01. The van der Waals surface area contributed by atoms with Crippen molar-refractivity contribution >= 4 is 5.97 Å². The summed E-state index contributed by atoms with van der Waals surface area (Å²) in [6, 6.07) is 0.477. The molecule has 21 heavy (non-hydrogen) atoms. The van der Waals surface area contributed by atoms with Crippen molar-refractivity contribution in [2.45, 2.75) is 71.5 Å². The minimum absolute atomic E-state index is 0.168. The lowest BCUT2D eigenvalue weighted by atomic mass is 9.95. The topological polar surface area (TPSA) is 56.2 Å². The lowest BCUT2D eigenvalue weighted by Crippen LogP contribution is -2.51. The van der Waals surface area contributed by atoms with Crippen molar-refractivity contribution in [2.75, 3.05) is 7.11 Å². The predicted molar refractivity (Wildman–Crippen MR) is 82.3 cm³/mol. The van der Waals surface area contributed by atoms with Gasteiger partial charge in [-0.05, 0) is 58.9 Å².